The molecule has 94 valence electrons. The number of nitrogens with zero attached hydrogens (tertiary/aromatic N) is 1. The Hall–Kier alpha value is -1.18. The number of aliphatic hydroxyl groups excluding tert-OH is 1. The second-order valence-electron chi connectivity index (χ2n) is 3.94. The monoisotopic (exact) mass is 258 g/mol. The third-order valence-corrected chi connectivity index (χ3v) is 4.62. The summed E-state index contributed by atoms with van der Waals surface area (Å²) in [6, 6.07) is 1.10. The Balaban J connectivity index is 2.41. The molecule has 0 amide bonds. The summed E-state index contributed by atoms with van der Waals surface area (Å²) in [6.45, 7) is -0.220. The maximum Gasteiger partial charge on any atom is 0.248 e. The molecule has 0 aromatic carbocycles. The molecule has 1 saturated carbocycles. The van der Waals surface area contributed by atoms with Crippen LogP contribution in [0.15, 0.2) is 28.2 Å². The summed E-state index contributed by atoms with van der Waals surface area (Å²) in [5.74, 6) is 0. The van der Waals surface area contributed by atoms with Crippen LogP contribution in [0.25, 0.3) is 0 Å². The molecule has 7 heteroatoms. The van der Waals surface area contributed by atoms with Crippen LogP contribution in [0.2, 0.25) is 0 Å². The van der Waals surface area contributed by atoms with E-state index in [2.05, 4.69) is 4.98 Å². The number of nitrogens with one attached hydrogen (secondary N) is 1. The van der Waals surface area contributed by atoms with E-state index in [0.717, 1.165) is 12.8 Å². The molecule has 0 atom stereocenters. The fourth-order valence-corrected chi connectivity index (χ4v) is 3.41. The molecule has 0 unspecified atom stereocenters. The lowest BCUT2D eigenvalue weighted by molar-refractivity contribution is 0.250. The third-order valence-electron chi connectivity index (χ3n) is 2.65. The highest BCUT2D eigenvalue weighted by Gasteiger charge is 2.38. The number of aromatic nitrogens is 1. The molecule has 0 aliphatic heterocycles. The molecule has 1 aliphatic carbocycles. The summed E-state index contributed by atoms with van der Waals surface area (Å²) in [5, 5.41) is 8.90. The standard InChI is InChI=1S/C10H14N2O4S/c13-6-5-12(8-1-2-8)17(15,16)10-7-11-4-3-9(10)14/h3-4,7-8,13H,1-2,5-6H2,(H,11,14). The Morgan fingerprint density at radius 3 is 2.71 bits per heavy atom. The van der Waals surface area contributed by atoms with Gasteiger partial charge in [0.05, 0.1) is 6.61 Å². The van der Waals surface area contributed by atoms with Crippen molar-refractivity contribution in [3.63, 3.8) is 0 Å². The van der Waals surface area contributed by atoms with Crippen molar-refractivity contribution in [2.24, 2.45) is 0 Å². The average molecular weight is 258 g/mol. The van der Waals surface area contributed by atoms with Crippen LogP contribution < -0.4 is 5.43 Å². The Bertz CT molecular complexity index is 547. The van der Waals surface area contributed by atoms with E-state index in [1.165, 1.54) is 22.8 Å². The summed E-state index contributed by atoms with van der Waals surface area (Å²) in [7, 11) is -3.80. The summed E-state index contributed by atoms with van der Waals surface area (Å²) >= 11 is 0. The average Bonchev–Trinajstić information content (AvgIpc) is 3.10. The van der Waals surface area contributed by atoms with Crippen LogP contribution >= 0.6 is 0 Å². The van der Waals surface area contributed by atoms with Gasteiger partial charge in [-0.3, -0.25) is 4.79 Å². The molecule has 17 heavy (non-hydrogen) atoms. The molecule has 0 spiro atoms. The maximum absolute atomic E-state index is 12.2. The van der Waals surface area contributed by atoms with Crippen LogP contribution in [-0.2, 0) is 10.0 Å². The second-order valence-corrected chi connectivity index (χ2v) is 5.80. The number of hydrogen-bond acceptors (Lipinski definition) is 4. The fourth-order valence-electron chi connectivity index (χ4n) is 1.69. The molecule has 6 nitrogen and oxygen atoms in total. The van der Waals surface area contributed by atoms with E-state index in [4.69, 9.17) is 5.11 Å². The van der Waals surface area contributed by atoms with Gasteiger partial charge in [-0.25, -0.2) is 8.42 Å². The van der Waals surface area contributed by atoms with Gasteiger partial charge in [0.2, 0.25) is 15.5 Å². The Labute approximate surface area is 98.9 Å². The summed E-state index contributed by atoms with van der Waals surface area (Å²) < 4.78 is 25.6. The van der Waals surface area contributed by atoms with Crippen molar-refractivity contribution in [3.05, 3.63) is 28.7 Å². The van der Waals surface area contributed by atoms with Gasteiger partial charge >= 0.3 is 0 Å². The molecule has 1 heterocycles. The molecule has 0 saturated heterocycles. The third kappa shape index (κ3) is 2.41. The number of sulfonamides is 1. The summed E-state index contributed by atoms with van der Waals surface area (Å²) in [6.07, 6.45) is 4.13. The van der Waals surface area contributed by atoms with Gasteiger partial charge in [-0.2, -0.15) is 4.31 Å². The van der Waals surface area contributed by atoms with Gasteiger partial charge < -0.3 is 10.1 Å². The van der Waals surface area contributed by atoms with E-state index in [-0.39, 0.29) is 24.1 Å². The molecule has 2 N–H and O–H groups in total. The van der Waals surface area contributed by atoms with E-state index in [9.17, 15) is 13.2 Å². The highest BCUT2D eigenvalue weighted by Crippen LogP contribution is 2.30. The molecule has 2 rings (SSSR count). The minimum Gasteiger partial charge on any atom is -0.395 e. The van der Waals surface area contributed by atoms with Crippen molar-refractivity contribution in [2.75, 3.05) is 13.2 Å². The first-order chi connectivity index (χ1) is 8.07. The van der Waals surface area contributed by atoms with Crippen LogP contribution in [0.3, 0.4) is 0 Å². The van der Waals surface area contributed by atoms with Crippen molar-refractivity contribution in [3.8, 4) is 0 Å². The number of pyridine rings is 1. The molecule has 1 aromatic heterocycles. The predicted octanol–water partition coefficient (Wildman–Crippen LogP) is -0.480. The highest BCUT2D eigenvalue weighted by atomic mass is 32.2. The molecule has 0 bridgehead atoms. The van der Waals surface area contributed by atoms with E-state index in [0.29, 0.717) is 0 Å². The van der Waals surface area contributed by atoms with Gasteiger partial charge in [-0.1, -0.05) is 0 Å². The van der Waals surface area contributed by atoms with Gasteiger partial charge in [-0.05, 0) is 12.8 Å². The van der Waals surface area contributed by atoms with E-state index in [1.54, 1.807) is 0 Å². The second kappa shape index (κ2) is 4.59. The molecular weight excluding hydrogens is 244 g/mol. The zero-order valence-corrected chi connectivity index (χ0v) is 9.98. The summed E-state index contributed by atoms with van der Waals surface area (Å²) in [4.78, 5) is 13.9. The smallest absolute Gasteiger partial charge is 0.248 e. The number of aliphatic hydroxyl groups is 1. The van der Waals surface area contributed by atoms with Crippen molar-refractivity contribution < 1.29 is 13.5 Å². The fraction of sp³-hybridized carbons (Fsp3) is 0.500. The quantitative estimate of drug-likeness (QED) is 0.746. The maximum atomic E-state index is 12.2. The largest absolute Gasteiger partial charge is 0.395 e. The van der Waals surface area contributed by atoms with Crippen molar-refractivity contribution in [1.82, 2.24) is 9.29 Å². The van der Waals surface area contributed by atoms with Crippen LogP contribution in [0, 0.1) is 0 Å². The van der Waals surface area contributed by atoms with Gasteiger partial charge in [0.25, 0.3) is 0 Å². The lowest BCUT2D eigenvalue weighted by Crippen LogP contribution is -2.37. The predicted molar refractivity (Wildman–Crippen MR) is 61.1 cm³/mol. The van der Waals surface area contributed by atoms with Gasteiger partial charge in [0.15, 0.2) is 0 Å². The van der Waals surface area contributed by atoms with Crippen molar-refractivity contribution in [2.45, 2.75) is 23.8 Å². The normalized spacial score (nSPS) is 16.4. The van der Waals surface area contributed by atoms with Gasteiger partial charge in [-0.15, -0.1) is 0 Å². The topological polar surface area (TPSA) is 90.5 Å². The Morgan fingerprint density at radius 1 is 1.47 bits per heavy atom. The molecule has 1 fully saturated rings. The minimum absolute atomic E-state index is 0.0291. The van der Waals surface area contributed by atoms with Crippen molar-refractivity contribution >= 4 is 10.0 Å². The first-order valence-corrected chi connectivity index (χ1v) is 6.81. The Morgan fingerprint density at radius 2 is 2.18 bits per heavy atom. The molecule has 0 radical (unpaired) electrons. The van der Waals surface area contributed by atoms with E-state index >= 15 is 0 Å². The lowest BCUT2D eigenvalue weighted by Gasteiger charge is -2.20. The zero-order chi connectivity index (χ0) is 12.5. The SMILES string of the molecule is O=c1cc[nH]cc1S(=O)(=O)N(CCO)C1CC1. The van der Waals surface area contributed by atoms with Crippen LogP contribution in [0.5, 0.6) is 0 Å². The molecular formula is C10H14N2O4S. The van der Waals surface area contributed by atoms with Crippen LogP contribution in [0.1, 0.15) is 12.8 Å². The van der Waals surface area contributed by atoms with Gasteiger partial charge in [0, 0.05) is 31.0 Å². The minimum atomic E-state index is -3.80. The molecule has 1 aromatic rings. The number of rotatable bonds is 5. The van der Waals surface area contributed by atoms with Crippen molar-refractivity contribution in [1.29, 1.82) is 0 Å². The number of aromatic amines is 1. The summed E-state index contributed by atoms with van der Waals surface area (Å²) in [5.41, 5.74) is -0.535. The highest BCUT2D eigenvalue weighted by molar-refractivity contribution is 7.89. The van der Waals surface area contributed by atoms with E-state index in [1.807, 2.05) is 0 Å². The Kier molecular flexibility index (Phi) is 3.32. The van der Waals surface area contributed by atoms with Crippen LogP contribution in [-0.4, -0.2) is 42.0 Å². The number of H-pyrrole nitrogens is 1. The lowest BCUT2D eigenvalue weighted by atomic mass is 10.5. The first kappa shape index (κ1) is 12.3. The first-order valence-electron chi connectivity index (χ1n) is 5.37. The van der Waals surface area contributed by atoms with Gasteiger partial charge in [0.1, 0.15) is 4.90 Å². The van der Waals surface area contributed by atoms with Crippen LogP contribution in [0.4, 0.5) is 0 Å². The zero-order valence-electron chi connectivity index (χ0n) is 9.17. The molecule has 1 aliphatic rings. The number of hydrogen-bond donors (Lipinski definition) is 2. The van der Waals surface area contributed by atoms with E-state index < -0.39 is 15.5 Å².